The van der Waals surface area contributed by atoms with Crippen LogP contribution in [0.2, 0.25) is 0 Å². The van der Waals surface area contributed by atoms with Crippen LogP contribution in [0.15, 0.2) is 40.2 Å². The molecule has 0 aliphatic heterocycles. The molecule has 0 spiro atoms. The van der Waals surface area contributed by atoms with E-state index >= 15 is 0 Å². The average Bonchev–Trinajstić information content (AvgIpc) is 2.97. The van der Waals surface area contributed by atoms with Crippen molar-refractivity contribution in [2.45, 2.75) is 35.8 Å². The highest BCUT2D eigenvalue weighted by Crippen LogP contribution is 2.38. The smallest absolute Gasteiger partial charge is 0.326 e. The van der Waals surface area contributed by atoms with Crippen molar-refractivity contribution >= 4 is 23.1 Å². The summed E-state index contributed by atoms with van der Waals surface area (Å²) < 4.78 is 37.6. The molecular weight excluding hydrogens is 317 g/mol. The van der Waals surface area contributed by atoms with Gasteiger partial charge in [0.25, 0.3) is 0 Å². The van der Waals surface area contributed by atoms with E-state index in [0.29, 0.717) is 5.03 Å². The molecule has 0 amide bonds. The van der Waals surface area contributed by atoms with Gasteiger partial charge < -0.3 is 5.73 Å². The quantitative estimate of drug-likeness (QED) is 0.804. The molecule has 114 valence electrons. The van der Waals surface area contributed by atoms with E-state index in [-0.39, 0.29) is 11.3 Å². The molecule has 0 bridgehead atoms. The number of nitrogens with two attached hydrogens (primary N) is 1. The first-order valence-corrected chi connectivity index (χ1v) is 8.21. The summed E-state index contributed by atoms with van der Waals surface area (Å²) >= 11 is 2.98. The van der Waals surface area contributed by atoms with Crippen molar-refractivity contribution in [3.63, 3.8) is 0 Å². The first kappa shape index (κ1) is 16.3. The van der Waals surface area contributed by atoms with E-state index < -0.39 is 11.7 Å². The molecule has 2 N–H and O–H groups in total. The Morgan fingerprint density at radius 3 is 2.57 bits per heavy atom. The van der Waals surface area contributed by atoms with E-state index in [9.17, 15) is 13.2 Å². The van der Waals surface area contributed by atoms with Crippen LogP contribution in [0.5, 0.6) is 0 Å². The molecule has 0 saturated heterocycles. The van der Waals surface area contributed by atoms with Crippen LogP contribution in [0.25, 0.3) is 0 Å². The largest absolute Gasteiger partial charge is 0.417 e. The number of nitrogens with zero attached hydrogens (tertiary/aromatic N) is 1. The summed E-state index contributed by atoms with van der Waals surface area (Å²) in [5, 5.41) is 4.51. The van der Waals surface area contributed by atoms with Crippen LogP contribution in [0.3, 0.4) is 0 Å². The number of alkyl halides is 3. The SMILES string of the molecule is CCC(N)C(Sc1ccc(C(F)(F)F)cn1)c1ccsc1. The second-order valence-corrected chi connectivity index (χ2v) is 6.49. The van der Waals surface area contributed by atoms with Crippen LogP contribution in [0.4, 0.5) is 13.2 Å². The number of hydrogen-bond donors (Lipinski definition) is 1. The Morgan fingerprint density at radius 2 is 2.10 bits per heavy atom. The van der Waals surface area contributed by atoms with Gasteiger partial charge in [0.2, 0.25) is 0 Å². The third kappa shape index (κ3) is 4.21. The number of aromatic nitrogens is 1. The molecule has 0 aliphatic carbocycles. The van der Waals surface area contributed by atoms with Crippen molar-refractivity contribution in [2.24, 2.45) is 5.73 Å². The molecule has 2 aromatic rings. The van der Waals surface area contributed by atoms with Gasteiger partial charge in [0.05, 0.1) is 15.8 Å². The van der Waals surface area contributed by atoms with Gasteiger partial charge in [0.1, 0.15) is 0 Å². The monoisotopic (exact) mass is 332 g/mol. The van der Waals surface area contributed by atoms with E-state index in [1.54, 1.807) is 11.3 Å². The minimum Gasteiger partial charge on any atom is -0.326 e. The normalized spacial score (nSPS) is 14.9. The van der Waals surface area contributed by atoms with Crippen molar-refractivity contribution in [1.29, 1.82) is 0 Å². The molecule has 2 aromatic heterocycles. The fraction of sp³-hybridized carbons (Fsp3) is 0.357. The Kier molecular flexibility index (Phi) is 5.29. The Labute approximate surface area is 129 Å². The molecule has 2 rings (SSSR count). The molecule has 0 saturated carbocycles. The van der Waals surface area contributed by atoms with Crippen LogP contribution in [-0.2, 0) is 6.18 Å². The number of pyridine rings is 1. The van der Waals surface area contributed by atoms with Gasteiger partial charge in [-0.1, -0.05) is 18.7 Å². The summed E-state index contributed by atoms with van der Waals surface area (Å²) in [5.41, 5.74) is 6.48. The third-order valence-corrected chi connectivity index (χ3v) is 5.10. The van der Waals surface area contributed by atoms with Gasteiger partial charge in [0.15, 0.2) is 0 Å². The topological polar surface area (TPSA) is 38.9 Å². The van der Waals surface area contributed by atoms with Crippen molar-refractivity contribution in [3.8, 4) is 0 Å². The zero-order valence-corrected chi connectivity index (χ0v) is 12.9. The minimum absolute atomic E-state index is 0.00881. The van der Waals surface area contributed by atoms with Gasteiger partial charge in [-0.2, -0.15) is 24.5 Å². The first-order chi connectivity index (χ1) is 9.91. The maximum atomic E-state index is 12.5. The number of rotatable bonds is 5. The van der Waals surface area contributed by atoms with E-state index in [4.69, 9.17) is 5.73 Å². The summed E-state index contributed by atoms with van der Waals surface area (Å²) in [6, 6.07) is 4.36. The van der Waals surface area contributed by atoms with Gasteiger partial charge in [-0.05, 0) is 40.9 Å². The molecule has 2 heterocycles. The maximum absolute atomic E-state index is 12.5. The lowest BCUT2D eigenvalue weighted by atomic mass is 10.1. The molecule has 21 heavy (non-hydrogen) atoms. The third-order valence-electron chi connectivity index (χ3n) is 3.04. The number of thiophene rings is 1. The van der Waals surface area contributed by atoms with Crippen molar-refractivity contribution in [2.75, 3.05) is 0 Å². The number of hydrogen-bond acceptors (Lipinski definition) is 4. The van der Waals surface area contributed by atoms with Gasteiger partial charge >= 0.3 is 6.18 Å². The van der Waals surface area contributed by atoms with Crippen molar-refractivity contribution in [3.05, 3.63) is 46.3 Å². The Hall–Kier alpha value is -1.05. The van der Waals surface area contributed by atoms with E-state index in [0.717, 1.165) is 24.2 Å². The zero-order valence-electron chi connectivity index (χ0n) is 11.3. The lowest BCUT2D eigenvalue weighted by molar-refractivity contribution is -0.137. The van der Waals surface area contributed by atoms with Crippen LogP contribution in [0, 0.1) is 0 Å². The molecule has 0 radical (unpaired) electrons. The fourth-order valence-electron chi connectivity index (χ4n) is 1.80. The number of thioether (sulfide) groups is 1. The van der Waals surface area contributed by atoms with Crippen molar-refractivity contribution in [1.82, 2.24) is 4.98 Å². The Morgan fingerprint density at radius 1 is 1.33 bits per heavy atom. The second kappa shape index (κ2) is 6.81. The Bertz CT molecular complexity index is 553. The summed E-state index contributed by atoms with van der Waals surface area (Å²) in [6.45, 7) is 1.99. The fourth-order valence-corrected chi connectivity index (χ4v) is 3.75. The standard InChI is InChI=1S/C14H15F3N2S2/c1-2-11(18)13(9-5-6-20-8-9)21-12-4-3-10(7-19-12)14(15,16)17/h3-8,11,13H,2,18H2,1H3. The van der Waals surface area contributed by atoms with E-state index in [1.807, 2.05) is 23.8 Å². The van der Waals surface area contributed by atoms with Crippen LogP contribution in [-0.4, -0.2) is 11.0 Å². The van der Waals surface area contributed by atoms with Crippen LogP contribution < -0.4 is 5.73 Å². The molecule has 2 nitrogen and oxygen atoms in total. The van der Waals surface area contributed by atoms with Crippen molar-refractivity contribution < 1.29 is 13.2 Å². The van der Waals surface area contributed by atoms with Gasteiger partial charge in [-0.15, -0.1) is 0 Å². The zero-order chi connectivity index (χ0) is 15.5. The molecular formula is C14H15F3N2S2. The van der Waals surface area contributed by atoms with Gasteiger partial charge in [-0.25, -0.2) is 4.98 Å². The van der Waals surface area contributed by atoms with E-state index in [2.05, 4.69) is 4.98 Å². The molecule has 0 aromatic carbocycles. The minimum atomic E-state index is -4.36. The van der Waals surface area contributed by atoms with Gasteiger partial charge in [-0.3, -0.25) is 0 Å². The number of halogens is 3. The molecule has 0 fully saturated rings. The highest BCUT2D eigenvalue weighted by molar-refractivity contribution is 7.99. The lowest BCUT2D eigenvalue weighted by Gasteiger charge is -2.21. The lowest BCUT2D eigenvalue weighted by Crippen LogP contribution is -2.25. The summed E-state index contributed by atoms with van der Waals surface area (Å²) in [6.07, 6.45) is -2.71. The summed E-state index contributed by atoms with van der Waals surface area (Å²) in [5.74, 6) is 0. The molecule has 2 atom stereocenters. The Balaban J connectivity index is 2.17. The summed E-state index contributed by atoms with van der Waals surface area (Å²) in [4.78, 5) is 3.90. The van der Waals surface area contributed by atoms with Gasteiger partial charge in [0, 0.05) is 12.2 Å². The molecule has 7 heteroatoms. The molecule has 0 aliphatic rings. The average molecular weight is 332 g/mol. The highest BCUT2D eigenvalue weighted by atomic mass is 32.2. The second-order valence-electron chi connectivity index (χ2n) is 4.55. The molecule has 2 unspecified atom stereocenters. The summed E-state index contributed by atoms with van der Waals surface area (Å²) in [7, 11) is 0. The predicted octanol–water partition coefficient (Wildman–Crippen LogP) is 4.73. The van der Waals surface area contributed by atoms with Crippen LogP contribution in [0.1, 0.15) is 29.7 Å². The van der Waals surface area contributed by atoms with Crippen LogP contribution >= 0.6 is 23.1 Å². The van der Waals surface area contributed by atoms with E-state index in [1.165, 1.54) is 17.8 Å². The maximum Gasteiger partial charge on any atom is 0.417 e. The highest BCUT2D eigenvalue weighted by Gasteiger charge is 2.31. The predicted molar refractivity (Wildman–Crippen MR) is 80.4 cm³/mol. The first-order valence-electron chi connectivity index (χ1n) is 6.39.